The Morgan fingerprint density at radius 3 is 2.60 bits per heavy atom. The van der Waals surface area contributed by atoms with Gasteiger partial charge in [0.05, 0.1) is 24.0 Å². The summed E-state index contributed by atoms with van der Waals surface area (Å²) in [6, 6.07) is -0.605. The van der Waals surface area contributed by atoms with Gasteiger partial charge >= 0.3 is 0 Å². The van der Waals surface area contributed by atoms with E-state index >= 15 is 0 Å². The van der Waals surface area contributed by atoms with E-state index in [2.05, 4.69) is 9.97 Å². The molecule has 2 N–H and O–H groups in total. The SMILES string of the molecule is C[C@H](N)C(=O)N(C)[C@H](C)c1cnccn1. The van der Waals surface area contributed by atoms with E-state index in [-0.39, 0.29) is 11.9 Å². The number of nitrogens with two attached hydrogens (primary N) is 1. The van der Waals surface area contributed by atoms with Crippen molar-refractivity contribution >= 4 is 5.91 Å². The van der Waals surface area contributed by atoms with Gasteiger partial charge in [-0.25, -0.2) is 0 Å². The summed E-state index contributed by atoms with van der Waals surface area (Å²) in [4.78, 5) is 21.3. The van der Waals surface area contributed by atoms with Gasteiger partial charge in [-0.1, -0.05) is 0 Å². The molecule has 1 heterocycles. The Bertz CT molecular complexity index is 325. The summed E-state index contributed by atoms with van der Waals surface area (Å²) in [5, 5.41) is 0. The Labute approximate surface area is 89.3 Å². The van der Waals surface area contributed by atoms with E-state index in [0.29, 0.717) is 0 Å². The van der Waals surface area contributed by atoms with Gasteiger partial charge in [-0.05, 0) is 13.8 Å². The van der Waals surface area contributed by atoms with Crippen LogP contribution in [0.15, 0.2) is 18.6 Å². The molecule has 5 nitrogen and oxygen atoms in total. The predicted molar refractivity (Wildman–Crippen MR) is 56.9 cm³/mol. The molecule has 0 fully saturated rings. The summed E-state index contributed by atoms with van der Waals surface area (Å²) < 4.78 is 0. The zero-order valence-corrected chi connectivity index (χ0v) is 9.21. The largest absolute Gasteiger partial charge is 0.336 e. The average Bonchev–Trinajstić information content (AvgIpc) is 2.27. The molecule has 82 valence electrons. The number of likely N-dealkylation sites (N-methyl/N-ethyl adjacent to an activating group) is 1. The van der Waals surface area contributed by atoms with Crippen LogP contribution in [0.5, 0.6) is 0 Å². The van der Waals surface area contributed by atoms with Crippen LogP contribution in [0.25, 0.3) is 0 Å². The molecule has 0 unspecified atom stereocenters. The Morgan fingerprint density at radius 1 is 1.47 bits per heavy atom. The topological polar surface area (TPSA) is 72.1 Å². The van der Waals surface area contributed by atoms with Gasteiger partial charge in [-0.15, -0.1) is 0 Å². The van der Waals surface area contributed by atoms with Crippen LogP contribution < -0.4 is 5.73 Å². The van der Waals surface area contributed by atoms with E-state index in [1.807, 2.05) is 6.92 Å². The Balaban J connectivity index is 2.77. The summed E-state index contributed by atoms with van der Waals surface area (Å²) in [7, 11) is 1.71. The molecule has 0 aliphatic rings. The summed E-state index contributed by atoms with van der Waals surface area (Å²) in [5.74, 6) is -0.104. The monoisotopic (exact) mass is 208 g/mol. The third-order valence-corrected chi connectivity index (χ3v) is 2.33. The summed E-state index contributed by atoms with van der Waals surface area (Å²) in [6.07, 6.45) is 4.86. The first kappa shape index (κ1) is 11.6. The number of hydrogen-bond acceptors (Lipinski definition) is 4. The highest BCUT2D eigenvalue weighted by molar-refractivity contribution is 5.81. The third kappa shape index (κ3) is 2.73. The second-order valence-corrected chi connectivity index (χ2v) is 3.54. The second kappa shape index (κ2) is 4.84. The number of carbonyl (C=O) groups excluding carboxylic acids is 1. The predicted octanol–water partition coefficient (Wildman–Crippen LogP) is 0.343. The van der Waals surface area contributed by atoms with E-state index in [9.17, 15) is 4.79 Å². The molecule has 0 aliphatic carbocycles. The van der Waals surface area contributed by atoms with E-state index in [1.165, 1.54) is 0 Å². The first-order chi connectivity index (χ1) is 7.04. The van der Waals surface area contributed by atoms with Gasteiger partial charge in [0.15, 0.2) is 0 Å². The van der Waals surface area contributed by atoms with Gasteiger partial charge in [0.1, 0.15) is 0 Å². The minimum Gasteiger partial charge on any atom is -0.336 e. The number of aromatic nitrogens is 2. The van der Waals surface area contributed by atoms with Crippen molar-refractivity contribution in [3.05, 3.63) is 24.3 Å². The van der Waals surface area contributed by atoms with Crippen LogP contribution in [0.2, 0.25) is 0 Å². The van der Waals surface area contributed by atoms with Crippen LogP contribution >= 0.6 is 0 Å². The molecule has 1 aromatic rings. The molecule has 0 aliphatic heterocycles. The van der Waals surface area contributed by atoms with Crippen molar-refractivity contribution < 1.29 is 4.79 Å². The van der Waals surface area contributed by atoms with Crippen molar-refractivity contribution in [1.29, 1.82) is 0 Å². The quantitative estimate of drug-likeness (QED) is 0.777. The Morgan fingerprint density at radius 2 is 2.13 bits per heavy atom. The van der Waals surface area contributed by atoms with Crippen LogP contribution in [0.4, 0.5) is 0 Å². The molecule has 1 aromatic heterocycles. The highest BCUT2D eigenvalue weighted by Gasteiger charge is 2.20. The van der Waals surface area contributed by atoms with Crippen LogP contribution in [0, 0.1) is 0 Å². The number of nitrogens with zero attached hydrogens (tertiary/aromatic N) is 3. The molecule has 0 saturated heterocycles. The number of carbonyl (C=O) groups is 1. The van der Waals surface area contributed by atoms with Crippen LogP contribution in [-0.4, -0.2) is 33.9 Å². The fourth-order valence-corrected chi connectivity index (χ4v) is 1.24. The molecular formula is C10H16N4O. The standard InChI is InChI=1S/C10H16N4O/c1-7(11)10(15)14(3)8(2)9-6-12-4-5-13-9/h4-8H,11H2,1-3H3/t7-,8+/m0/s1. The third-order valence-electron chi connectivity index (χ3n) is 2.33. The number of amides is 1. The van der Waals surface area contributed by atoms with E-state index < -0.39 is 6.04 Å². The highest BCUT2D eigenvalue weighted by Crippen LogP contribution is 2.15. The summed E-state index contributed by atoms with van der Waals surface area (Å²) >= 11 is 0. The van der Waals surface area contributed by atoms with Gasteiger partial charge in [0, 0.05) is 19.4 Å². The summed E-state index contributed by atoms with van der Waals surface area (Å²) in [6.45, 7) is 3.56. The molecule has 1 rings (SSSR count). The van der Waals surface area contributed by atoms with Gasteiger partial charge in [0.25, 0.3) is 0 Å². The molecule has 0 saturated carbocycles. The smallest absolute Gasteiger partial charge is 0.239 e. The zero-order chi connectivity index (χ0) is 11.4. The number of rotatable bonds is 3. The highest BCUT2D eigenvalue weighted by atomic mass is 16.2. The lowest BCUT2D eigenvalue weighted by Gasteiger charge is -2.25. The minimum absolute atomic E-state index is 0.104. The molecular weight excluding hydrogens is 192 g/mol. The van der Waals surface area contributed by atoms with Gasteiger partial charge in [-0.2, -0.15) is 0 Å². The molecule has 5 heteroatoms. The maximum absolute atomic E-state index is 11.6. The van der Waals surface area contributed by atoms with Crippen molar-refractivity contribution in [2.75, 3.05) is 7.05 Å². The fourth-order valence-electron chi connectivity index (χ4n) is 1.24. The first-order valence-electron chi connectivity index (χ1n) is 4.82. The molecule has 0 bridgehead atoms. The summed E-state index contributed by atoms with van der Waals surface area (Å²) in [5.41, 5.74) is 6.28. The molecule has 0 aromatic carbocycles. The molecule has 2 atom stereocenters. The average molecular weight is 208 g/mol. The number of hydrogen-bond donors (Lipinski definition) is 1. The van der Waals surface area contributed by atoms with Gasteiger partial charge in [0.2, 0.25) is 5.91 Å². The molecule has 1 amide bonds. The minimum atomic E-state index is -0.492. The molecule has 15 heavy (non-hydrogen) atoms. The van der Waals surface area contributed by atoms with Crippen molar-refractivity contribution in [2.24, 2.45) is 5.73 Å². The van der Waals surface area contributed by atoms with Crippen molar-refractivity contribution in [1.82, 2.24) is 14.9 Å². The Hall–Kier alpha value is -1.49. The lowest BCUT2D eigenvalue weighted by Crippen LogP contribution is -2.41. The maximum Gasteiger partial charge on any atom is 0.239 e. The maximum atomic E-state index is 11.6. The van der Waals surface area contributed by atoms with Gasteiger partial charge < -0.3 is 10.6 Å². The van der Waals surface area contributed by atoms with E-state index in [4.69, 9.17) is 5.73 Å². The van der Waals surface area contributed by atoms with Crippen molar-refractivity contribution in [3.63, 3.8) is 0 Å². The second-order valence-electron chi connectivity index (χ2n) is 3.54. The normalized spacial score (nSPS) is 14.4. The lowest BCUT2D eigenvalue weighted by molar-refractivity contribution is -0.132. The van der Waals surface area contributed by atoms with Crippen LogP contribution in [0.3, 0.4) is 0 Å². The first-order valence-corrected chi connectivity index (χ1v) is 4.82. The van der Waals surface area contributed by atoms with Crippen molar-refractivity contribution in [3.8, 4) is 0 Å². The van der Waals surface area contributed by atoms with Crippen LogP contribution in [-0.2, 0) is 4.79 Å². The van der Waals surface area contributed by atoms with Crippen molar-refractivity contribution in [2.45, 2.75) is 25.9 Å². The molecule has 0 radical (unpaired) electrons. The lowest BCUT2D eigenvalue weighted by atomic mass is 10.2. The van der Waals surface area contributed by atoms with Crippen LogP contribution in [0.1, 0.15) is 25.6 Å². The van der Waals surface area contributed by atoms with E-state index in [0.717, 1.165) is 5.69 Å². The molecule has 0 spiro atoms. The Kier molecular flexibility index (Phi) is 3.74. The fraction of sp³-hybridized carbons (Fsp3) is 0.500. The van der Waals surface area contributed by atoms with Gasteiger partial charge in [-0.3, -0.25) is 14.8 Å². The zero-order valence-electron chi connectivity index (χ0n) is 9.21. The van der Waals surface area contributed by atoms with E-state index in [1.54, 1.807) is 37.5 Å².